The van der Waals surface area contributed by atoms with Crippen molar-refractivity contribution in [2.45, 2.75) is 25.3 Å². The molecule has 0 aliphatic heterocycles. The summed E-state index contributed by atoms with van der Waals surface area (Å²) in [6.45, 7) is 0.715. The normalized spacial score (nSPS) is 12.9. The third kappa shape index (κ3) is 5.35. The van der Waals surface area contributed by atoms with Crippen molar-refractivity contribution < 1.29 is 9.59 Å². The molecule has 31 heavy (non-hydrogen) atoms. The molecule has 0 saturated heterocycles. The molecule has 4 rings (SSSR count). The molecule has 158 valence electrons. The fraction of sp³-hybridized carbons (Fsp3) is 0.240. The van der Waals surface area contributed by atoms with Gasteiger partial charge in [0.15, 0.2) is 5.69 Å². The number of amides is 2. The van der Waals surface area contributed by atoms with E-state index in [1.165, 1.54) is 18.4 Å². The van der Waals surface area contributed by atoms with Crippen molar-refractivity contribution in [3.05, 3.63) is 83.7 Å². The Morgan fingerprint density at radius 1 is 1.00 bits per heavy atom. The zero-order chi connectivity index (χ0) is 21.6. The van der Waals surface area contributed by atoms with Crippen LogP contribution in [0.1, 0.15) is 40.4 Å². The van der Waals surface area contributed by atoms with E-state index in [4.69, 9.17) is 0 Å². The lowest BCUT2D eigenvalue weighted by atomic mass is 10.0. The highest BCUT2D eigenvalue weighted by atomic mass is 16.2. The molecule has 6 heteroatoms. The molecule has 0 unspecified atom stereocenters. The van der Waals surface area contributed by atoms with Gasteiger partial charge in [-0.25, -0.2) is 4.98 Å². The van der Waals surface area contributed by atoms with E-state index in [9.17, 15) is 9.59 Å². The number of nitrogens with one attached hydrogen (secondary N) is 3. The van der Waals surface area contributed by atoms with Crippen molar-refractivity contribution in [1.82, 2.24) is 15.6 Å². The monoisotopic (exact) mass is 414 g/mol. The fourth-order valence-electron chi connectivity index (χ4n) is 3.52. The maximum atomic E-state index is 12.5. The lowest BCUT2D eigenvalue weighted by Gasteiger charge is -2.13. The summed E-state index contributed by atoms with van der Waals surface area (Å²) in [6, 6.07) is 20.1. The first-order chi connectivity index (χ1) is 15.1. The van der Waals surface area contributed by atoms with E-state index in [0.717, 1.165) is 16.7 Å². The highest BCUT2D eigenvalue weighted by Crippen LogP contribution is 2.41. The van der Waals surface area contributed by atoms with Gasteiger partial charge in [0.05, 0.1) is 12.2 Å². The number of carbonyl (C=O) groups excluding carboxylic acids is 2. The second kappa shape index (κ2) is 9.53. The molecule has 3 aromatic rings. The first kappa shape index (κ1) is 20.8. The predicted octanol–water partition coefficient (Wildman–Crippen LogP) is 3.71. The number of benzene rings is 2. The zero-order valence-corrected chi connectivity index (χ0v) is 17.5. The number of rotatable bonds is 8. The Bertz CT molecular complexity index is 1080. The minimum atomic E-state index is -0.342. The second-order valence-corrected chi connectivity index (χ2v) is 7.74. The number of hydrogen-bond donors (Lipinski definition) is 3. The van der Waals surface area contributed by atoms with Crippen LogP contribution in [0, 0.1) is 0 Å². The number of nitrogens with zero attached hydrogens (tertiary/aromatic N) is 1. The number of aromatic nitrogens is 1. The summed E-state index contributed by atoms with van der Waals surface area (Å²) >= 11 is 0. The van der Waals surface area contributed by atoms with Crippen molar-refractivity contribution in [3.63, 3.8) is 0 Å². The Kier molecular flexibility index (Phi) is 6.38. The van der Waals surface area contributed by atoms with Crippen LogP contribution in [0.5, 0.6) is 0 Å². The molecule has 3 N–H and O–H groups in total. The van der Waals surface area contributed by atoms with Gasteiger partial charge in [0, 0.05) is 25.4 Å². The summed E-state index contributed by atoms with van der Waals surface area (Å²) in [7, 11) is 1.55. The molecule has 1 saturated carbocycles. The third-order valence-electron chi connectivity index (χ3n) is 5.33. The van der Waals surface area contributed by atoms with Crippen molar-refractivity contribution in [3.8, 4) is 11.1 Å². The summed E-state index contributed by atoms with van der Waals surface area (Å²) in [6.07, 6.45) is 4.14. The first-order valence-electron chi connectivity index (χ1n) is 10.5. The van der Waals surface area contributed by atoms with Crippen LogP contribution in [0.15, 0.2) is 66.9 Å². The minimum absolute atomic E-state index is 0.128. The van der Waals surface area contributed by atoms with E-state index in [1.54, 1.807) is 13.2 Å². The van der Waals surface area contributed by atoms with Crippen molar-refractivity contribution in [1.29, 1.82) is 0 Å². The van der Waals surface area contributed by atoms with Crippen LogP contribution in [-0.2, 0) is 11.3 Å². The molecule has 1 aromatic heterocycles. The molecule has 1 fully saturated rings. The summed E-state index contributed by atoms with van der Waals surface area (Å²) in [5, 5.41) is 8.55. The van der Waals surface area contributed by atoms with Crippen LogP contribution >= 0.6 is 0 Å². The minimum Gasteiger partial charge on any atom is -0.354 e. The second-order valence-electron chi connectivity index (χ2n) is 7.74. The molecule has 6 nitrogen and oxygen atoms in total. The Balaban J connectivity index is 1.50. The van der Waals surface area contributed by atoms with Gasteiger partial charge < -0.3 is 16.0 Å². The molecule has 1 heterocycles. The summed E-state index contributed by atoms with van der Waals surface area (Å²) in [4.78, 5) is 29.2. The first-order valence-corrected chi connectivity index (χ1v) is 10.5. The number of anilines is 1. The van der Waals surface area contributed by atoms with Gasteiger partial charge in [0.2, 0.25) is 5.91 Å². The quantitative estimate of drug-likeness (QED) is 0.525. The van der Waals surface area contributed by atoms with Gasteiger partial charge in [-0.3, -0.25) is 9.59 Å². The topological polar surface area (TPSA) is 83.1 Å². The molecule has 0 radical (unpaired) electrons. The van der Waals surface area contributed by atoms with Gasteiger partial charge in [-0.2, -0.15) is 0 Å². The van der Waals surface area contributed by atoms with Crippen LogP contribution in [0.25, 0.3) is 11.1 Å². The molecule has 0 atom stereocenters. The largest absolute Gasteiger partial charge is 0.354 e. The smallest absolute Gasteiger partial charge is 0.271 e. The van der Waals surface area contributed by atoms with E-state index in [2.05, 4.69) is 33.1 Å². The molecule has 1 aliphatic carbocycles. The van der Waals surface area contributed by atoms with Gasteiger partial charge in [0.1, 0.15) is 0 Å². The van der Waals surface area contributed by atoms with Crippen molar-refractivity contribution in [2.24, 2.45) is 0 Å². The highest BCUT2D eigenvalue weighted by molar-refractivity contribution is 6.03. The average molecular weight is 415 g/mol. The summed E-state index contributed by atoms with van der Waals surface area (Å²) in [5.74, 6) is 0.0745. The summed E-state index contributed by atoms with van der Waals surface area (Å²) < 4.78 is 0. The Morgan fingerprint density at radius 2 is 1.81 bits per heavy atom. The Hall–Kier alpha value is -3.51. The van der Waals surface area contributed by atoms with E-state index in [-0.39, 0.29) is 24.1 Å². The molecule has 1 aliphatic rings. The van der Waals surface area contributed by atoms with Gasteiger partial charge >= 0.3 is 0 Å². The predicted molar refractivity (Wildman–Crippen MR) is 122 cm³/mol. The van der Waals surface area contributed by atoms with E-state index < -0.39 is 0 Å². The molecule has 0 spiro atoms. The van der Waals surface area contributed by atoms with Crippen molar-refractivity contribution in [2.75, 3.05) is 18.9 Å². The van der Waals surface area contributed by atoms with Crippen LogP contribution < -0.4 is 16.0 Å². The van der Waals surface area contributed by atoms with E-state index in [0.29, 0.717) is 18.2 Å². The maximum Gasteiger partial charge on any atom is 0.271 e. The number of hydrogen-bond acceptors (Lipinski definition) is 4. The Labute approximate surface area is 182 Å². The summed E-state index contributed by atoms with van der Waals surface area (Å²) in [5.41, 5.74) is 4.91. The number of pyridine rings is 1. The average Bonchev–Trinajstić information content (AvgIpc) is 3.65. The molecule has 2 amide bonds. The van der Waals surface area contributed by atoms with Crippen LogP contribution in [0.3, 0.4) is 0 Å². The van der Waals surface area contributed by atoms with Gasteiger partial charge in [-0.15, -0.1) is 0 Å². The standard InChI is InChI=1S/C25H26N4O2/c1-26-25(31)24-22(29-23(30)16-27-14-17-6-3-2-4-7-17)13-21(15-28-24)20-9-5-8-19(12-20)18-10-11-18/h2-9,12-13,15,18,27H,10-11,14,16H2,1H3,(H,26,31)(H,29,30). The van der Waals surface area contributed by atoms with Crippen LogP contribution in [-0.4, -0.2) is 30.4 Å². The van der Waals surface area contributed by atoms with E-state index in [1.807, 2.05) is 48.5 Å². The molecule has 2 aromatic carbocycles. The molecular weight excluding hydrogens is 388 g/mol. The van der Waals surface area contributed by atoms with Gasteiger partial charge in [-0.1, -0.05) is 54.6 Å². The van der Waals surface area contributed by atoms with Gasteiger partial charge in [0.25, 0.3) is 5.91 Å². The zero-order valence-electron chi connectivity index (χ0n) is 17.5. The van der Waals surface area contributed by atoms with E-state index >= 15 is 0 Å². The fourth-order valence-corrected chi connectivity index (χ4v) is 3.52. The van der Waals surface area contributed by atoms with Crippen LogP contribution in [0.4, 0.5) is 5.69 Å². The SMILES string of the molecule is CNC(=O)c1ncc(-c2cccc(C3CC3)c2)cc1NC(=O)CNCc1ccccc1. The van der Waals surface area contributed by atoms with Gasteiger partial charge in [-0.05, 0) is 41.5 Å². The third-order valence-corrected chi connectivity index (χ3v) is 5.33. The highest BCUT2D eigenvalue weighted by Gasteiger charge is 2.23. The molecule has 0 bridgehead atoms. The number of carbonyl (C=O) groups is 2. The van der Waals surface area contributed by atoms with Crippen LogP contribution in [0.2, 0.25) is 0 Å². The Morgan fingerprint density at radius 3 is 2.55 bits per heavy atom. The maximum absolute atomic E-state index is 12.5. The van der Waals surface area contributed by atoms with Crippen molar-refractivity contribution >= 4 is 17.5 Å². The lowest BCUT2D eigenvalue weighted by Crippen LogP contribution is -2.29. The molecular formula is C25H26N4O2. The lowest BCUT2D eigenvalue weighted by molar-refractivity contribution is -0.115.